The molecule has 18 heavy (non-hydrogen) atoms. The van der Waals surface area contributed by atoms with Gasteiger partial charge in [0.2, 0.25) is 0 Å². The summed E-state index contributed by atoms with van der Waals surface area (Å²) < 4.78 is 7.09. The molecule has 1 aromatic heterocycles. The van der Waals surface area contributed by atoms with E-state index >= 15 is 0 Å². The largest absolute Gasteiger partial charge is 0.469 e. The number of esters is 1. The van der Waals surface area contributed by atoms with Gasteiger partial charge in [0.15, 0.2) is 0 Å². The first-order valence-electron chi connectivity index (χ1n) is 5.58. The van der Waals surface area contributed by atoms with E-state index in [9.17, 15) is 14.4 Å². The third kappa shape index (κ3) is 1.71. The van der Waals surface area contributed by atoms with Crippen LogP contribution >= 0.6 is 0 Å². The molecule has 7 heteroatoms. The fraction of sp³-hybridized carbons (Fsp3) is 0.545. The number of methoxy groups -OCH3 is 1. The molecule has 0 aromatic carbocycles. The summed E-state index contributed by atoms with van der Waals surface area (Å²) in [5.41, 5.74) is -0.307. The van der Waals surface area contributed by atoms with Gasteiger partial charge in [-0.25, -0.2) is 4.79 Å². The molecule has 0 fully saturated rings. The van der Waals surface area contributed by atoms with Crippen LogP contribution in [0.15, 0.2) is 9.59 Å². The van der Waals surface area contributed by atoms with Crippen LogP contribution in [-0.2, 0) is 30.0 Å². The maximum atomic E-state index is 12.0. The normalized spacial score (nSPS) is 17.8. The van der Waals surface area contributed by atoms with Crippen molar-refractivity contribution in [1.82, 2.24) is 9.13 Å². The predicted octanol–water partition coefficient (Wildman–Crippen LogP) is -1.16. The average molecular weight is 253 g/mol. The molecular weight excluding hydrogens is 238 g/mol. The Kier molecular flexibility index (Phi) is 2.98. The molecule has 1 aliphatic rings. The monoisotopic (exact) mass is 253 g/mol. The summed E-state index contributed by atoms with van der Waals surface area (Å²) in [5, 5.41) is 2.95. The quantitative estimate of drug-likeness (QED) is 0.638. The minimum Gasteiger partial charge on any atom is -0.469 e. The zero-order valence-electron chi connectivity index (χ0n) is 10.5. The van der Waals surface area contributed by atoms with Crippen molar-refractivity contribution < 1.29 is 9.53 Å². The van der Waals surface area contributed by atoms with Crippen molar-refractivity contribution in [3.63, 3.8) is 0 Å². The number of fused-ring (bicyclic) bond motifs is 1. The van der Waals surface area contributed by atoms with E-state index in [-0.39, 0.29) is 23.6 Å². The maximum absolute atomic E-state index is 12.0. The van der Waals surface area contributed by atoms with Crippen LogP contribution in [-0.4, -0.2) is 28.8 Å². The number of carbonyl (C=O) groups excluding carboxylic acids is 1. The van der Waals surface area contributed by atoms with Gasteiger partial charge in [-0.15, -0.1) is 0 Å². The van der Waals surface area contributed by atoms with Crippen LogP contribution in [0.1, 0.15) is 5.56 Å². The topological polar surface area (TPSA) is 82.3 Å². The van der Waals surface area contributed by atoms with Crippen molar-refractivity contribution >= 4 is 11.8 Å². The molecule has 1 aromatic rings. The number of ether oxygens (including phenoxy) is 1. The summed E-state index contributed by atoms with van der Waals surface area (Å²) in [4.78, 5) is 35.2. The fourth-order valence-corrected chi connectivity index (χ4v) is 2.19. The van der Waals surface area contributed by atoms with Crippen molar-refractivity contribution in [3.05, 3.63) is 26.4 Å². The van der Waals surface area contributed by atoms with E-state index in [2.05, 4.69) is 10.1 Å². The molecule has 0 radical (unpaired) electrons. The first-order chi connectivity index (χ1) is 8.47. The van der Waals surface area contributed by atoms with Gasteiger partial charge in [0, 0.05) is 20.6 Å². The second-order valence-electron chi connectivity index (χ2n) is 4.34. The number of nitrogens with one attached hydrogen (secondary N) is 1. The number of rotatable bonds is 1. The Morgan fingerprint density at radius 3 is 2.61 bits per heavy atom. The summed E-state index contributed by atoms with van der Waals surface area (Å²) >= 11 is 0. The highest BCUT2D eigenvalue weighted by atomic mass is 16.5. The van der Waals surface area contributed by atoms with Crippen LogP contribution in [0, 0.1) is 5.92 Å². The third-order valence-corrected chi connectivity index (χ3v) is 3.26. The molecule has 98 valence electrons. The third-order valence-electron chi connectivity index (χ3n) is 3.26. The van der Waals surface area contributed by atoms with Gasteiger partial charge in [0.05, 0.1) is 18.6 Å². The van der Waals surface area contributed by atoms with Crippen molar-refractivity contribution in [1.29, 1.82) is 0 Å². The van der Waals surface area contributed by atoms with Crippen LogP contribution < -0.4 is 16.6 Å². The maximum Gasteiger partial charge on any atom is 0.332 e. The summed E-state index contributed by atoms with van der Waals surface area (Å²) in [6, 6.07) is 0. The van der Waals surface area contributed by atoms with E-state index in [0.29, 0.717) is 17.9 Å². The molecule has 0 amide bonds. The number of nitrogens with zero attached hydrogens (tertiary/aromatic N) is 2. The minimum absolute atomic E-state index is 0.288. The van der Waals surface area contributed by atoms with Crippen LogP contribution in [0.4, 0.5) is 5.82 Å². The predicted molar refractivity (Wildman–Crippen MR) is 64.6 cm³/mol. The van der Waals surface area contributed by atoms with Crippen molar-refractivity contribution in [2.24, 2.45) is 20.0 Å². The molecule has 0 aliphatic carbocycles. The summed E-state index contributed by atoms with van der Waals surface area (Å²) in [6.45, 7) is 0.361. The highest BCUT2D eigenvalue weighted by Gasteiger charge is 2.29. The second kappa shape index (κ2) is 4.32. The van der Waals surface area contributed by atoms with E-state index in [0.717, 1.165) is 4.57 Å². The van der Waals surface area contributed by atoms with Crippen molar-refractivity contribution in [3.8, 4) is 0 Å². The lowest BCUT2D eigenvalue weighted by Crippen LogP contribution is -2.44. The van der Waals surface area contributed by atoms with Gasteiger partial charge in [-0.3, -0.25) is 18.7 Å². The number of aromatic nitrogens is 2. The Balaban J connectivity index is 2.54. The molecule has 0 saturated carbocycles. The first kappa shape index (κ1) is 12.4. The lowest BCUT2D eigenvalue weighted by molar-refractivity contribution is -0.145. The Bertz CT molecular complexity index is 614. The zero-order valence-corrected chi connectivity index (χ0v) is 10.5. The highest BCUT2D eigenvalue weighted by Crippen LogP contribution is 2.20. The molecule has 1 N–H and O–H groups in total. The van der Waals surface area contributed by atoms with E-state index in [1.54, 1.807) is 7.05 Å². The Morgan fingerprint density at radius 2 is 2.00 bits per heavy atom. The van der Waals surface area contributed by atoms with Crippen LogP contribution in [0.3, 0.4) is 0 Å². The molecule has 2 rings (SSSR count). The van der Waals surface area contributed by atoms with E-state index in [1.165, 1.54) is 18.7 Å². The van der Waals surface area contributed by atoms with Crippen molar-refractivity contribution in [2.75, 3.05) is 19.0 Å². The van der Waals surface area contributed by atoms with Crippen LogP contribution in [0.5, 0.6) is 0 Å². The van der Waals surface area contributed by atoms with Gasteiger partial charge in [-0.2, -0.15) is 0 Å². The Morgan fingerprint density at radius 1 is 1.33 bits per heavy atom. The summed E-state index contributed by atoms with van der Waals surface area (Å²) in [7, 11) is 4.33. The minimum atomic E-state index is -0.396. The highest BCUT2D eigenvalue weighted by molar-refractivity contribution is 5.74. The molecule has 1 unspecified atom stereocenters. The van der Waals surface area contributed by atoms with Gasteiger partial charge in [-0.1, -0.05) is 0 Å². The van der Waals surface area contributed by atoms with Crippen LogP contribution in [0.2, 0.25) is 0 Å². The molecule has 7 nitrogen and oxygen atoms in total. The second-order valence-corrected chi connectivity index (χ2v) is 4.34. The summed E-state index contributed by atoms with van der Waals surface area (Å²) in [6.07, 6.45) is 0.288. The molecule has 1 atom stereocenters. The van der Waals surface area contributed by atoms with E-state index < -0.39 is 5.92 Å². The molecule has 0 saturated heterocycles. The molecule has 1 aliphatic heterocycles. The number of hydrogen-bond acceptors (Lipinski definition) is 5. The molecule has 2 heterocycles. The fourth-order valence-electron chi connectivity index (χ4n) is 2.19. The smallest absolute Gasteiger partial charge is 0.332 e. The summed E-state index contributed by atoms with van der Waals surface area (Å²) in [5.74, 6) is -0.264. The van der Waals surface area contributed by atoms with E-state index in [1.807, 2.05) is 0 Å². The van der Waals surface area contributed by atoms with Gasteiger partial charge in [0.1, 0.15) is 5.82 Å². The molecule has 0 spiro atoms. The molecular formula is C11H15N3O4. The SMILES string of the molecule is COC(=O)C1CNc2c(c(=O)n(C)c(=O)n2C)C1. The number of hydrogen-bond donors (Lipinski definition) is 1. The van der Waals surface area contributed by atoms with Crippen LogP contribution in [0.25, 0.3) is 0 Å². The lowest BCUT2D eigenvalue weighted by Gasteiger charge is -2.25. The Hall–Kier alpha value is -2.05. The standard InChI is InChI=1S/C11H15N3O4/c1-13-8-7(9(15)14(2)11(13)17)4-6(5-12-8)10(16)18-3/h6,12H,4-5H2,1-3H3. The number of anilines is 1. The number of carbonyl (C=O) groups is 1. The van der Waals surface area contributed by atoms with Gasteiger partial charge >= 0.3 is 11.7 Å². The lowest BCUT2D eigenvalue weighted by atomic mass is 9.97. The first-order valence-corrected chi connectivity index (χ1v) is 5.58. The van der Waals surface area contributed by atoms with E-state index in [4.69, 9.17) is 0 Å². The van der Waals surface area contributed by atoms with Gasteiger partial charge < -0.3 is 10.1 Å². The Labute approximate surface area is 103 Å². The molecule has 0 bridgehead atoms. The van der Waals surface area contributed by atoms with Gasteiger partial charge in [-0.05, 0) is 6.42 Å². The van der Waals surface area contributed by atoms with Gasteiger partial charge in [0.25, 0.3) is 5.56 Å². The average Bonchev–Trinajstić information content (AvgIpc) is 2.41. The zero-order chi connectivity index (χ0) is 13.4. The van der Waals surface area contributed by atoms with Crippen molar-refractivity contribution in [2.45, 2.75) is 6.42 Å².